The van der Waals surface area contributed by atoms with Crippen LogP contribution in [0.25, 0.3) is 16.0 Å². The van der Waals surface area contributed by atoms with Crippen LogP contribution in [-0.4, -0.2) is 42.1 Å². The minimum atomic E-state index is 0. The third-order valence-corrected chi connectivity index (χ3v) is 6.57. The van der Waals surface area contributed by atoms with Crippen molar-refractivity contribution in [2.75, 3.05) is 13.1 Å². The zero-order valence-electron chi connectivity index (χ0n) is 24.2. The molecule has 0 bridgehead atoms. The Morgan fingerprint density at radius 2 is 1.12 bits per heavy atom. The van der Waals surface area contributed by atoms with E-state index in [2.05, 4.69) is 34.9 Å². The predicted octanol–water partition coefficient (Wildman–Crippen LogP) is -0.907. The molecule has 40 heavy (non-hydrogen) atoms. The van der Waals surface area contributed by atoms with E-state index in [0.717, 1.165) is 62.9 Å². The SMILES string of the molecule is O=C1CCCc2ccccc21.O=C1NCCCc2ccccc21.[AlH3].[H-].[Li+].[N-]=[N+]=[N-].[Na+].c1ccc2c(c1)CCCNC2. The van der Waals surface area contributed by atoms with E-state index in [-0.39, 0.29) is 73.1 Å². The van der Waals surface area contributed by atoms with Gasteiger partial charge in [0.2, 0.25) is 0 Å². The van der Waals surface area contributed by atoms with Gasteiger partial charge in [0.15, 0.2) is 23.1 Å². The standard InChI is InChI=1S/C10H11NO.C10H13N.C10H10O.Al.Li.N3.Na.4H/c12-10-9-6-2-1-4-8(9)5-3-7-11-10;1-2-5-10-8-11-7-3-6-9(10)4-1;11-10-7-3-5-8-4-1-2-6-9(8)10;;;1-3-2;;;;;/h1-2,4,6H,3,5,7H2,(H,11,12);1-2,4-5,11H,3,6-8H2;1-2,4,6H,3,5,7H2;;;;;;;;/q;;;;+1;-1;+1;;;;-1. The smallest absolute Gasteiger partial charge is 1.00 e. The number of nitrogens with one attached hydrogen (secondary N) is 2. The molecule has 0 atom stereocenters. The number of amides is 1. The summed E-state index contributed by atoms with van der Waals surface area (Å²) in [7, 11) is 0. The van der Waals surface area contributed by atoms with E-state index in [1.165, 1.54) is 40.0 Å². The summed E-state index contributed by atoms with van der Waals surface area (Å²) in [6, 6.07) is 24.4. The van der Waals surface area contributed by atoms with Gasteiger partial charge in [-0.15, -0.1) is 0 Å². The molecule has 0 saturated carbocycles. The Morgan fingerprint density at radius 1 is 0.650 bits per heavy atom. The van der Waals surface area contributed by atoms with Crippen LogP contribution < -0.4 is 59.1 Å². The molecule has 10 heteroatoms. The monoisotopic (exact) mass is 557 g/mol. The van der Waals surface area contributed by atoms with Crippen molar-refractivity contribution in [2.24, 2.45) is 0 Å². The number of hydrogen-bond donors (Lipinski definition) is 2. The van der Waals surface area contributed by atoms with Crippen molar-refractivity contribution < 1.29 is 59.4 Å². The number of aryl methyl sites for hydroxylation is 3. The Bertz CT molecular complexity index is 1220. The summed E-state index contributed by atoms with van der Waals surface area (Å²) >= 11 is 0. The maximum atomic E-state index is 11.4. The first-order valence-corrected chi connectivity index (χ1v) is 12.9. The summed E-state index contributed by atoms with van der Waals surface area (Å²) in [5.74, 6) is 0.384. The Labute approximate surface area is 283 Å². The predicted molar refractivity (Wildman–Crippen MR) is 158 cm³/mol. The van der Waals surface area contributed by atoms with E-state index >= 15 is 0 Å². The molecule has 1 aliphatic carbocycles. The van der Waals surface area contributed by atoms with Gasteiger partial charge in [0.25, 0.3) is 5.91 Å². The number of rotatable bonds is 0. The summed E-state index contributed by atoms with van der Waals surface area (Å²) in [5.41, 5.74) is 20.7. The maximum absolute atomic E-state index is 11.4. The van der Waals surface area contributed by atoms with E-state index in [1.807, 2.05) is 48.5 Å². The van der Waals surface area contributed by atoms with Gasteiger partial charge in [0.1, 0.15) is 0 Å². The van der Waals surface area contributed by atoms with Crippen molar-refractivity contribution in [2.45, 2.75) is 51.5 Å². The number of benzene rings is 3. The van der Waals surface area contributed by atoms with Crippen molar-refractivity contribution in [3.63, 3.8) is 0 Å². The van der Waals surface area contributed by atoms with Crippen molar-refractivity contribution in [3.8, 4) is 0 Å². The maximum Gasteiger partial charge on any atom is 1.00 e. The Hall–Kier alpha value is -1.80. The first-order chi connectivity index (χ1) is 18.1. The van der Waals surface area contributed by atoms with E-state index in [9.17, 15) is 9.59 Å². The normalized spacial score (nSPS) is 14.2. The number of carbonyl (C=O) groups excluding carboxylic acids is 2. The quantitative estimate of drug-likeness (QED) is 0.161. The van der Waals surface area contributed by atoms with Gasteiger partial charge in [-0.1, -0.05) is 66.7 Å². The first kappa shape index (κ1) is 38.2. The van der Waals surface area contributed by atoms with Gasteiger partial charge in [-0.2, -0.15) is 0 Å². The topological polar surface area (TPSA) is 117 Å². The molecule has 2 heterocycles. The summed E-state index contributed by atoms with van der Waals surface area (Å²) in [5, 5.41) is 6.27. The van der Waals surface area contributed by atoms with Crippen LogP contribution in [0, 0.1) is 0 Å². The van der Waals surface area contributed by atoms with Crippen LogP contribution in [0.2, 0.25) is 0 Å². The molecule has 3 aromatic carbocycles. The average molecular weight is 558 g/mol. The molecular weight excluding hydrogens is 519 g/mol. The molecule has 6 rings (SSSR count). The number of carbonyl (C=O) groups is 2. The average Bonchev–Trinajstić information content (AvgIpc) is 3.29. The molecular formula is C30H38AlLiN5NaO2. The number of nitrogens with zero attached hydrogens (tertiary/aromatic N) is 3. The molecule has 0 aromatic heterocycles. The molecule has 2 N–H and O–H groups in total. The zero-order valence-corrected chi connectivity index (χ0v) is 25.2. The largest absolute Gasteiger partial charge is 1.00 e. The van der Waals surface area contributed by atoms with E-state index < -0.39 is 0 Å². The molecule has 0 saturated heterocycles. The fraction of sp³-hybridized carbons (Fsp3) is 0.333. The molecule has 2 aliphatic heterocycles. The van der Waals surface area contributed by atoms with Crippen molar-refractivity contribution in [1.82, 2.24) is 10.6 Å². The van der Waals surface area contributed by atoms with Crippen LogP contribution in [0.1, 0.15) is 70.1 Å². The van der Waals surface area contributed by atoms with Gasteiger partial charge in [0, 0.05) is 30.6 Å². The molecule has 0 fully saturated rings. The molecule has 1 amide bonds. The van der Waals surface area contributed by atoms with E-state index in [0.29, 0.717) is 5.78 Å². The Balaban J connectivity index is 0. The molecule has 0 spiro atoms. The van der Waals surface area contributed by atoms with Crippen LogP contribution in [-0.2, 0) is 25.8 Å². The van der Waals surface area contributed by atoms with E-state index in [4.69, 9.17) is 11.1 Å². The summed E-state index contributed by atoms with van der Waals surface area (Å²) in [6.07, 6.45) is 7.40. The molecule has 200 valence electrons. The zero-order chi connectivity index (χ0) is 26.3. The molecule has 0 unspecified atom stereocenters. The Morgan fingerprint density at radius 3 is 1.77 bits per heavy atom. The van der Waals surface area contributed by atoms with E-state index in [1.54, 1.807) is 0 Å². The number of ketones is 1. The van der Waals surface area contributed by atoms with Gasteiger partial charge < -0.3 is 23.1 Å². The molecule has 7 nitrogen and oxygen atoms in total. The van der Waals surface area contributed by atoms with Crippen LogP contribution in [0.3, 0.4) is 0 Å². The van der Waals surface area contributed by atoms with Crippen LogP contribution in [0.5, 0.6) is 0 Å². The van der Waals surface area contributed by atoms with Crippen molar-refractivity contribution in [3.05, 3.63) is 122 Å². The third-order valence-electron chi connectivity index (χ3n) is 6.57. The van der Waals surface area contributed by atoms with Crippen LogP contribution in [0.15, 0.2) is 72.8 Å². The summed E-state index contributed by atoms with van der Waals surface area (Å²) in [4.78, 5) is 24.2. The number of hydrogen-bond acceptors (Lipinski definition) is 3. The second kappa shape index (κ2) is 21.9. The second-order valence-electron chi connectivity index (χ2n) is 9.09. The van der Waals surface area contributed by atoms with Crippen molar-refractivity contribution >= 4 is 29.1 Å². The number of Topliss-reactive ketones (excluding diaryl/α,β-unsaturated/α-hetero) is 1. The molecule has 0 radical (unpaired) electrons. The summed E-state index contributed by atoms with van der Waals surface area (Å²) < 4.78 is 0. The van der Waals surface area contributed by atoms with Crippen LogP contribution >= 0.6 is 0 Å². The minimum absolute atomic E-state index is 0. The van der Waals surface area contributed by atoms with Gasteiger partial charge in [0.05, 0.1) is 0 Å². The Kier molecular flexibility index (Phi) is 20.9. The van der Waals surface area contributed by atoms with Crippen molar-refractivity contribution in [1.29, 1.82) is 0 Å². The fourth-order valence-electron chi connectivity index (χ4n) is 4.72. The summed E-state index contributed by atoms with van der Waals surface area (Å²) in [6.45, 7) is 3.01. The van der Waals surface area contributed by atoms with Gasteiger partial charge in [-0.3, -0.25) is 14.5 Å². The van der Waals surface area contributed by atoms with Gasteiger partial charge >= 0.3 is 48.4 Å². The first-order valence-electron chi connectivity index (χ1n) is 12.9. The molecule has 3 aliphatic rings. The van der Waals surface area contributed by atoms with Gasteiger partial charge in [-0.05, 0) is 73.4 Å². The fourth-order valence-corrected chi connectivity index (χ4v) is 4.72. The minimum Gasteiger partial charge on any atom is -1.00 e. The van der Waals surface area contributed by atoms with Crippen LogP contribution in [0.4, 0.5) is 0 Å². The third kappa shape index (κ3) is 12.4. The van der Waals surface area contributed by atoms with Gasteiger partial charge in [-0.25, -0.2) is 0 Å². The molecule has 3 aromatic rings. The second-order valence-corrected chi connectivity index (χ2v) is 9.09. The number of fused-ring (bicyclic) bond motifs is 3.